The van der Waals surface area contributed by atoms with Crippen LogP contribution in [0.3, 0.4) is 0 Å². The lowest BCUT2D eigenvalue weighted by molar-refractivity contribution is 0.0565. The second-order valence-corrected chi connectivity index (χ2v) is 4.83. The molecule has 2 heteroatoms. The van der Waals surface area contributed by atoms with Crippen molar-refractivity contribution in [3.8, 4) is 0 Å². The Morgan fingerprint density at radius 2 is 2.13 bits per heavy atom. The SMILES string of the molecule is CCCCC/C=C/C(C)C(O)C1(C)CO1. The number of hydrogen-bond acceptors (Lipinski definition) is 2. The van der Waals surface area contributed by atoms with Crippen molar-refractivity contribution in [2.75, 3.05) is 6.61 Å². The highest BCUT2D eigenvalue weighted by atomic mass is 16.6. The van der Waals surface area contributed by atoms with Crippen LogP contribution in [-0.2, 0) is 4.74 Å². The summed E-state index contributed by atoms with van der Waals surface area (Å²) >= 11 is 0. The van der Waals surface area contributed by atoms with Gasteiger partial charge in [-0.25, -0.2) is 0 Å². The Hall–Kier alpha value is -0.340. The summed E-state index contributed by atoms with van der Waals surface area (Å²) in [5.41, 5.74) is -0.271. The highest BCUT2D eigenvalue weighted by Crippen LogP contribution is 2.34. The van der Waals surface area contributed by atoms with Crippen LogP contribution in [0.15, 0.2) is 12.2 Å². The number of allylic oxidation sites excluding steroid dienone is 1. The third-order valence-electron chi connectivity index (χ3n) is 3.14. The number of unbranched alkanes of at least 4 members (excludes halogenated alkanes) is 3. The molecule has 0 amide bonds. The molecule has 3 unspecified atom stereocenters. The maximum atomic E-state index is 9.94. The highest BCUT2D eigenvalue weighted by molar-refractivity contribution is 5.02. The summed E-state index contributed by atoms with van der Waals surface area (Å²) in [6, 6.07) is 0. The standard InChI is InChI=1S/C13H24O2/c1-4-5-6-7-8-9-11(2)12(14)13(3)10-15-13/h8-9,11-12,14H,4-7,10H2,1-3H3/b9-8+. The van der Waals surface area contributed by atoms with Gasteiger partial charge in [-0.05, 0) is 19.8 Å². The molecule has 1 aliphatic heterocycles. The fourth-order valence-corrected chi connectivity index (χ4v) is 1.77. The van der Waals surface area contributed by atoms with Gasteiger partial charge in [0.1, 0.15) is 5.60 Å². The first-order valence-corrected chi connectivity index (χ1v) is 6.09. The molecule has 0 aromatic rings. The molecular weight excluding hydrogens is 188 g/mol. The Morgan fingerprint density at radius 3 is 2.67 bits per heavy atom. The van der Waals surface area contributed by atoms with E-state index < -0.39 is 0 Å². The Kier molecular flexibility index (Phi) is 4.81. The molecule has 0 spiro atoms. The smallest absolute Gasteiger partial charge is 0.115 e. The van der Waals surface area contributed by atoms with Gasteiger partial charge in [-0.3, -0.25) is 0 Å². The molecule has 1 fully saturated rings. The molecule has 1 aliphatic rings. The summed E-state index contributed by atoms with van der Waals surface area (Å²) in [7, 11) is 0. The van der Waals surface area contributed by atoms with Gasteiger partial charge in [0.2, 0.25) is 0 Å². The van der Waals surface area contributed by atoms with Gasteiger partial charge in [-0.15, -0.1) is 0 Å². The Morgan fingerprint density at radius 1 is 1.47 bits per heavy atom. The summed E-state index contributed by atoms with van der Waals surface area (Å²) < 4.78 is 5.24. The van der Waals surface area contributed by atoms with Crippen LogP contribution in [0.25, 0.3) is 0 Å². The molecule has 0 aromatic carbocycles. The molecular formula is C13H24O2. The molecule has 15 heavy (non-hydrogen) atoms. The zero-order chi connectivity index (χ0) is 11.3. The second kappa shape index (κ2) is 5.66. The van der Waals surface area contributed by atoms with Crippen molar-refractivity contribution in [3.05, 3.63) is 12.2 Å². The number of ether oxygens (including phenoxy) is 1. The average Bonchev–Trinajstić information content (AvgIpc) is 2.96. The van der Waals surface area contributed by atoms with E-state index in [4.69, 9.17) is 4.74 Å². The fraction of sp³-hybridized carbons (Fsp3) is 0.846. The van der Waals surface area contributed by atoms with E-state index in [1.165, 1.54) is 19.3 Å². The zero-order valence-corrected chi connectivity index (χ0v) is 10.2. The molecule has 0 aromatic heterocycles. The van der Waals surface area contributed by atoms with Gasteiger partial charge in [0.15, 0.2) is 0 Å². The highest BCUT2D eigenvalue weighted by Gasteiger charge is 2.47. The molecule has 0 bridgehead atoms. The molecule has 1 heterocycles. The lowest BCUT2D eigenvalue weighted by atomic mass is 9.93. The first-order valence-electron chi connectivity index (χ1n) is 6.09. The van der Waals surface area contributed by atoms with E-state index in [0.29, 0.717) is 6.61 Å². The fourth-order valence-electron chi connectivity index (χ4n) is 1.77. The van der Waals surface area contributed by atoms with E-state index in [1.807, 2.05) is 13.8 Å². The van der Waals surface area contributed by atoms with Crippen molar-refractivity contribution in [1.82, 2.24) is 0 Å². The van der Waals surface area contributed by atoms with Crippen LogP contribution in [0.5, 0.6) is 0 Å². The maximum absolute atomic E-state index is 9.94. The van der Waals surface area contributed by atoms with Gasteiger partial charge in [0.25, 0.3) is 0 Å². The van der Waals surface area contributed by atoms with E-state index in [9.17, 15) is 5.11 Å². The van der Waals surface area contributed by atoms with Crippen LogP contribution >= 0.6 is 0 Å². The Balaban J connectivity index is 2.19. The van der Waals surface area contributed by atoms with Crippen LogP contribution in [0, 0.1) is 5.92 Å². The monoisotopic (exact) mass is 212 g/mol. The summed E-state index contributed by atoms with van der Waals surface area (Å²) in [6.07, 6.45) is 8.88. The number of aliphatic hydroxyl groups is 1. The van der Waals surface area contributed by atoms with Gasteiger partial charge in [-0.2, -0.15) is 0 Å². The van der Waals surface area contributed by atoms with Crippen LogP contribution in [0.4, 0.5) is 0 Å². The number of rotatable bonds is 7. The third-order valence-corrected chi connectivity index (χ3v) is 3.14. The van der Waals surface area contributed by atoms with Gasteiger partial charge in [0.05, 0.1) is 12.7 Å². The second-order valence-electron chi connectivity index (χ2n) is 4.83. The minimum atomic E-state index is -0.361. The summed E-state index contributed by atoms with van der Waals surface area (Å²) in [6.45, 7) is 6.93. The number of hydrogen-bond donors (Lipinski definition) is 1. The van der Waals surface area contributed by atoms with Gasteiger partial charge < -0.3 is 9.84 Å². The average molecular weight is 212 g/mol. The van der Waals surface area contributed by atoms with Gasteiger partial charge >= 0.3 is 0 Å². The van der Waals surface area contributed by atoms with Crippen LogP contribution < -0.4 is 0 Å². The van der Waals surface area contributed by atoms with Crippen molar-refractivity contribution in [1.29, 1.82) is 0 Å². The first-order chi connectivity index (χ1) is 7.10. The minimum absolute atomic E-state index is 0.194. The maximum Gasteiger partial charge on any atom is 0.115 e. The molecule has 1 saturated heterocycles. The minimum Gasteiger partial charge on any atom is -0.389 e. The number of aliphatic hydroxyl groups excluding tert-OH is 1. The molecule has 88 valence electrons. The normalized spacial score (nSPS) is 29.3. The molecule has 0 radical (unpaired) electrons. The lowest BCUT2D eigenvalue weighted by Crippen LogP contribution is -2.31. The molecule has 0 saturated carbocycles. The van der Waals surface area contributed by atoms with E-state index in [2.05, 4.69) is 19.1 Å². The van der Waals surface area contributed by atoms with E-state index in [-0.39, 0.29) is 17.6 Å². The number of epoxide rings is 1. The summed E-state index contributed by atoms with van der Waals surface area (Å²) in [4.78, 5) is 0. The summed E-state index contributed by atoms with van der Waals surface area (Å²) in [5, 5.41) is 9.94. The topological polar surface area (TPSA) is 32.8 Å². The largest absolute Gasteiger partial charge is 0.389 e. The van der Waals surface area contributed by atoms with Crippen LogP contribution in [0.2, 0.25) is 0 Å². The molecule has 3 atom stereocenters. The van der Waals surface area contributed by atoms with Crippen molar-refractivity contribution < 1.29 is 9.84 Å². The quantitative estimate of drug-likeness (QED) is 0.400. The Labute approximate surface area is 93.3 Å². The Bertz CT molecular complexity index is 207. The zero-order valence-electron chi connectivity index (χ0n) is 10.2. The van der Waals surface area contributed by atoms with Gasteiger partial charge in [0, 0.05) is 5.92 Å². The molecule has 0 aliphatic carbocycles. The van der Waals surface area contributed by atoms with Crippen LogP contribution in [0.1, 0.15) is 46.5 Å². The first kappa shape index (κ1) is 12.7. The van der Waals surface area contributed by atoms with E-state index >= 15 is 0 Å². The lowest BCUT2D eigenvalue weighted by Gasteiger charge is -2.19. The molecule has 1 N–H and O–H groups in total. The predicted octanol–water partition coefficient (Wildman–Crippen LogP) is 2.91. The summed E-state index contributed by atoms with van der Waals surface area (Å²) in [5.74, 6) is 0.194. The van der Waals surface area contributed by atoms with Crippen molar-refractivity contribution in [2.24, 2.45) is 5.92 Å². The third kappa shape index (κ3) is 3.96. The van der Waals surface area contributed by atoms with Crippen LogP contribution in [-0.4, -0.2) is 23.4 Å². The molecule has 2 nitrogen and oxygen atoms in total. The van der Waals surface area contributed by atoms with E-state index in [0.717, 1.165) is 6.42 Å². The van der Waals surface area contributed by atoms with E-state index in [1.54, 1.807) is 0 Å². The van der Waals surface area contributed by atoms with Crippen molar-refractivity contribution in [3.63, 3.8) is 0 Å². The van der Waals surface area contributed by atoms with Gasteiger partial charge in [-0.1, -0.05) is 38.8 Å². The van der Waals surface area contributed by atoms with Crippen molar-refractivity contribution >= 4 is 0 Å². The van der Waals surface area contributed by atoms with Crippen molar-refractivity contribution in [2.45, 2.75) is 58.2 Å². The predicted molar refractivity (Wildman–Crippen MR) is 62.8 cm³/mol. The molecule has 1 rings (SSSR count).